The van der Waals surface area contributed by atoms with Gasteiger partial charge in [0.15, 0.2) is 0 Å². The molecule has 2 heterocycles. The Morgan fingerprint density at radius 3 is 2.63 bits per heavy atom. The fraction of sp³-hybridized carbons (Fsp3) is 0.150. The van der Waals surface area contributed by atoms with E-state index in [0.29, 0.717) is 29.9 Å². The maximum atomic E-state index is 13.3. The van der Waals surface area contributed by atoms with Crippen LogP contribution in [0.15, 0.2) is 67.0 Å². The van der Waals surface area contributed by atoms with Gasteiger partial charge in [0, 0.05) is 25.5 Å². The second-order valence-corrected chi connectivity index (χ2v) is 6.21. The van der Waals surface area contributed by atoms with Crippen molar-refractivity contribution < 1.29 is 14.0 Å². The van der Waals surface area contributed by atoms with Crippen LogP contribution in [0.1, 0.15) is 22.0 Å². The molecule has 2 amide bonds. The summed E-state index contributed by atoms with van der Waals surface area (Å²) in [5.41, 5.74) is 1.65. The molecule has 1 aromatic heterocycles. The number of piperazine rings is 1. The zero-order valence-electron chi connectivity index (χ0n) is 14.4. The Morgan fingerprint density at radius 1 is 1.11 bits per heavy atom. The van der Waals surface area contributed by atoms with Gasteiger partial charge in [-0.05, 0) is 35.9 Å². The van der Waals surface area contributed by atoms with E-state index in [1.807, 2.05) is 6.07 Å². The Bertz CT molecular complexity index is 970. The molecule has 6 nitrogen and oxygen atoms in total. The predicted octanol–water partition coefficient (Wildman–Crippen LogP) is 2.32. The average Bonchev–Trinajstić information content (AvgIpc) is 3.23. The van der Waals surface area contributed by atoms with Crippen molar-refractivity contribution in [3.8, 4) is 5.69 Å². The summed E-state index contributed by atoms with van der Waals surface area (Å²) in [4.78, 5) is 27.4. The van der Waals surface area contributed by atoms with Gasteiger partial charge < -0.3 is 10.2 Å². The lowest BCUT2D eigenvalue weighted by atomic mass is 10.0. The minimum Gasteiger partial charge on any atom is -0.352 e. The fourth-order valence-corrected chi connectivity index (χ4v) is 3.28. The molecule has 1 N–H and O–H groups in total. The molecule has 0 spiro atoms. The Balaban J connectivity index is 1.74. The molecule has 0 saturated carbocycles. The van der Waals surface area contributed by atoms with Gasteiger partial charge in [-0.3, -0.25) is 9.59 Å². The molecular formula is C20H17FN4O2. The van der Waals surface area contributed by atoms with Gasteiger partial charge in [-0.15, -0.1) is 0 Å². The molecule has 1 saturated heterocycles. The van der Waals surface area contributed by atoms with Crippen LogP contribution >= 0.6 is 0 Å². The third kappa shape index (κ3) is 3.19. The Labute approximate surface area is 155 Å². The topological polar surface area (TPSA) is 67.2 Å². The maximum Gasteiger partial charge on any atom is 0.257 e. The number of halogens is 1. The number of nitrogens with zero attached hydrogens (tertiary/aromatic N) is 3. The van der Waals surface area contributed by atoms with Crippen LogP contribution < -0.4 is 5.32 Å². The summed E-state index contributed by atoms with van der Waals surface area (Å²) in [6.45, 7) is 0.728. The quantitative estimate of drug-likeness (QED) is 0.776. The van der Waals surface area contributed by atoms with Crippen LogP contribution in [0.25, 0.3) is 5.69 Å². The van der Waals surface area contributed by atoms with Gasteiger partial charge in [-0.1, -0.05) is 24.3 Å². The smallest absolute Gasteiger partial charge is 0.257 e. The third-order valence-electron chi connectivity index (χ3n) is 4.54. The standard InChI is InChI=1S/C20H17FN4O2/c21-15-8-6-14(7-9-15)18-19(26)22-11-13-24(18)20(27)16-4-1-2-5-17(16)25-12-3-10-23-25/h1-10,12,18H,11,13H2,(H,22,26)/t18-/m0/s1. The van der Waals surface area contributed by atoms with Gasteiger partial charge >= 0.3 is 0 Å². The molecule has 1 atom stereocenters. The van der Waals surface area contributed by atoms with Crippen molar-refractivity contribution in [1.29, 1.82) is 0 Å². The Kier molecular flexibility index (Phi) is 4.42. The molecular weight excluding hydrogens is 347 g/mol. The number of amides is 2. The van der Waals surface area contributed by atoms with Gasteiger partial charge in [-0.25, -0.2) is 9.07 Å². The van der Waals surface area contributed by atoms with Crippen LogP contribution in [-0.4, -0.2) is 39.6 Å². The van der Waals surface area contributed by atoms with E-state index >= 15 is 0 Å². The SMILES string of the molecule is O=C1NCCN(C(=O)c2ccccc2-n2cccn2)[C@H]1c1ccc(F)cc1. The van der Waals surface area contributed by atoms with Gasteiger partial charge in [0.2, 0.25) is 5.91 Å². The van der Waals surface area contributed by atoms with Crippen molar-refractivity contribution in [3.63, 3.8) is 0 Å². The minimum absolute atomic E-state index is 0.273. The van der Waals surface area contributed by atoms with Crippen LogP contribution in [-0.2, 0) is 4.79 Å². The molecule has 0 bridgehead atoms. The van der Waals surface area contributed by atoms with Crippen molar-refractivity contribution in [2.75, 3.05) is 13.1 Å². The van der Waals surface area contributed by atoms with Crippen molar-refractivity contribution >= 4 is 11.8 Å². The van der Waals surface area contributed by atoms with E-state index in [2.05, 4.69) is 10.4 Å². The zero-order valence-corrected chi connectivity index (χ0v) is 14.4. The van der Waals surface area contributed by atoms with Crippen LogP contribution in [0.5, 0.6) is 0 Å². The monoisotopic (exact) mass is 364 g/mol. The highest BCUT2D eigenvalue weighted by Crippen LogP contribution is 2.27. The van der Waals surface area contributed by atoms with Crippen LogP contribution in [0.2, 0.25) is 0 Å². The van der Waals surface area contributed by atoms with Gasteiger partial charge in [0.25, 0.3) is 5.91 Å². The number of carbonyl (C=O) groups is 2. The lowest BCUT2D eigenvalue weighted by Crippen LogP contribution is -2.52. The number of rotatable bonds is 3. The van der Waals surface area contributed by atoms with E-state index in [-0.39, 0.29) is 11.8 Å². The summed E-state index contributed by atoms with van der Waals surface area (Å²) in [5, 5.41) is 6.98. The van der Waals surface area contributed by atoms with Crippen molar-refractivity contribution in [1.82, 2.24) is 20.0 Å². The Morgan fingerprint density at radius 2 is 1.89 bits per heavy atom. The summed E-state index contributed by atoms with van der Waals surface area (Å²) < 4.78 is 14.9. The first kappa shape index (κ1) is 17.0. The summed E-state index contributed by atoms with van der Waals surface area (Å²) in [6, 6.07) is 13.7. The van der Waals surface area contributed by atoms with E-state index in [9.17, 15) is 14.0 Å². The van der Waals surface area contributed by atoms with Crippen molar-refractivity contribution in [2.45, 2.75) is 6.04 Å². The molecule has 0 unspecified atom stereocenters. The highest BCUT2D eigenvalue weighted by atomic mass is 19.1. The summed E-state index contributed by atoms with van der Waals surface area (Å²) in [6.07, 6.45) is 3.39. The molecule has 1 fully saturated rings. The summed E-state index contributed by atoms with van der Waals surface area (Å²) >= 11 is 0. The molecule has 2 aromatic carbocycles. The largest absolute Gasteiger partial charge is 0.352 e. The predicted molar refractivity (Wildman–Crippen MR) is 96.8 cm³/mol. The summed E-state index contributed by atoms with van der Waals surface area (Å²) in [7, 11) is 0. The number of carbonyl (C=O) groups excluding carboxylic acids is 2. The Hall–Kier alpha value is -3.48. The molecule has 7 heteroatoms. The second-order valence-electron chi connectivity index (χ2n) is 6.21. The van der Waals surface area contributed by atoms with Crippen molar-refractivity contribution in [3.05, 3.63) is 83.9 Å². The number of nitrogens with one attached hydrogen (secondary N) is 1. The molecule has 3 aromatic rings. The number of benzene rings is 2. The molecule has 27 heavy (non-hydrogen) atoms. The molecule has 1 aliphatic rings. The third-order valence-corrected chi connectivity index (χ3v) is 4.54. The lowest BCUT2D eigenvalue weighted by Gasteiger charge is -2.35. The van der Waals surface area contributed by atoms with Crippen LogP contribution in [0.4, 0.5) is 4.39 Å². The van der Waals surface area contributed by atoms with Gasteiger partial charge in [0.1, 0.15) is 11.9 Å². The molecule has 0 radical (unpaired) electrons. The first-order valence-corrected chi connectivity index (χ1v) is 8.58. The fourth-order valence-electron chi connectivity index (χ4n) is 3.28. The highest BCUT2D eigenvalue weighted by molar-refractivity contribution is 6.01. The van der Waals surface area contributed by atoms with Crippen molar-refractivity contribution in [2.24, 2.45) is 0 Å². The zero-order chi connectivity index (χ0) is 18.8. The molecule has 1 aliphatic heterocycles. The average molecular weight is 364 g/mol. The molecule has 136 valence electrons. The second kappa shape index (κ2) is 7.03. The van der Waals surface area contributed by atoms with Crippen LogP contribution in [0, 0.1) is 5.82 Å². The summed E-state index contributed by atoms with van der Waals surface area (Å²) in [5.74, 6) is -0.945. The minimum atomic E-state index is -0.808. The lowest BCUT2D eigenvalue weighted by molar-refractivity contribution is -0.128. The maximum absolute atomic E-state index is 13.3. The molecule has 4 rings (SSSR count). The van der Waals surface area contributed by atoms with E-state index in [1.54, 1.807) is 41.3 Å². The number of aromatic nitrogens is 2. The van der Waals surface area contributed by atoms with Gasteiger partial charge in [0.05, 0.1) is 11.3 Å². The normalized spacial score (nSPS) is 16.9. The first-order chi connectivity index (χ1) is 13.1. The number of para-hydroxylation sites is 1. The van der Waals surface area contributed by atoms with E-state index in [4.69, 9.17) is 0 Å². The van der Waals surface area contributed by atoms with E-state index < -0.39 is 11.9 Å². The highest BCUT2D eigenvalue weighted by Gasteiger charge is 2.35. The first-order valence-electron chi connectivity index (χ1n) is 8.58. The number of hydrogen-bond acceptors (Lipinski definition) is 3. The van der Waals surface area contributed by atoms with Gasteiger partial charge in [-0.2, -0.15) is 5.10 Å². The van der Waals surface area contributed by atoms with Crippen LogP contribution in [0.3, 0.4) is 0 Å². The van der Waals surface area contributed by atoms with E-state index in [0.717, 1.165) is 0 Å². The van der Waals surface area contributed by atoms with E-state index in [1.165, 1.54) is 29.2 Å². The number of hydrogen-bond donors (Lipinski definition) is 1. The molecule has 0 aliphatic carbocycles.